The van der Waals surface area contributed by atoms with Crippen LogP contribution >= 0.6 is 12.4 Å². The summed E-state index contributed by atoms with van der Waals surface area (Å²) in [6.07, 6.45) is 3.13. The highest BCUT2D eigenvalue weighted by molar-refractivity contribution is 5.85. The highest BCUT2D eigenvalue weighted by Crippen LogP contribution is 2.34. The summed E-state index contributed by atoms with van der Waals surface area (Å²) in [5, 5.41) is 3.10. The van der Waals surface area contributed by atoms with E-state index in [9.17, 15) is 4.79 Å². The molecule has 1 saturated heterocycles. The fourth-order valence-corrected chi connectivity index (χ4v) is 2.84. The monoisotopic (exact) mass is 326 g/mol. The van der Waals surface area contributed by atoms with Crippen LogP contribution in [0.25, 0.3) is 0 Å². The summed E-state index contributed by atoms with van der Waals surface area (Å²) >= 11 is 0. The number of amides is 1. The van der Waals surface area contributed by atoms with Crippen molar-refractivity contribution < 1.29 is 9.53 Å². The van der Waals surface area contributed by atoms with Crippen LogP contribution in [0.15, 0.2) is 30.3 Å². The van der Waals surface area contributed by atoms with Gasteiger partial charge in [0.05, 0.1) is 0 Å². The Hall–Kier alpha value is -1.10. The molecule has 1 aliphatic rings. The molecule has 1 amide bonds. The SMILES string of the molecule is CC(N)CCC(=O)NCC1(c2ccccc2)CCOCC1.Cl. The highest BCUT2D eigenvalue weighted by Gasteiger charge is 2.34. The lowest BCUT2D eigenvalue weighted by molar-refractivity contribution is -0.121. The van der Waals surface area contributed by atoms with Gasteiger partial charge in [0.15, 0.2) is 0 Å². The summed E-state index contributed by atoms with van der Waals surface area (Å²) in [6, 6.07) is 10.5. The molecule has 1 fully saturated rings. The Kier molecular flexibility index (Phi) is 7.87. The largest absolute Gasteiger partial charge is 0.381 e. The lowest BCUT2D eigenvalue weighted by Crippen LogP contribution is -2.44. The maximum atomic E-state index is 12.0. The van der Waals surface area contributed by atoms with Crippen molar-refractivity contribution in [3.63, 3.8) is 0 Å². The van der Waals surface area contributed by atoms with Crippen molar-refractivity contribution in [1.82, 2.24) is 5.32 Å². The quantitative estimate of drug-likeness (QED) is 0.843. The molecule has 1 atom stereocenters. The molecule has 0 bridgehead atoms. The van der Waals surface area contributed by atoms with E-state index in [0.717, 1.165) is 32.5 Å². The van der Waals surface area contributed by atoms with Crippen LogP contribution in [0.3, 0.4) is 0 Å². The first kappa shape index (κ1) is 18.9. The number of hydrogen-bond donors (Lipinski definition) is 2. The van der Waals surface area contributed by atoms with Crippen molar-refractivity contribution >= 4 is 18.3 Å². The van der Waals surface area contributed by atoms with Crippen LogP contribution < -0.4 is 11.1 Å². The number of carbonyl (C=O) groups is 1. The minimum atomic E-state index is 0. The molecule has 5 heteroatoms. The van der Waals surface area contributed by atoms with Gasteiger partial charge in [0, 0.05) is 37.6 Å². The van der Waals surface area contributed by atoms with E-state index >= 15 is 0 Å². The standard InChI is InChI=1S/C17H26N2O2.ClH/c1-14(18)7-8-16(20)19-13-17(9-11-21-12-10-17)15-5-3-2-4-6-15;/h2-6,14H,7-13,18H2,1H3,(H,19,20);1H. The molecule has 0 aliphatic carbocycles. The Bertz CT molecular complexity index is 445. The summed E-state index contributed by atoms with van der Waals surface area (Å²) in [5.41, 5.74) is 7.00. The zero-order valence-corrected chi connectivity index (χ0v) is 14.0. The highest BCUT2D eigenvalue weighted by atomic mass is 35.5. The van der Waals surface area contributed by atoms with Gasteiger partial charge in [-0.25, -0.2) is 0 Å². The van der Waals surface area contributed by atoms with E-state index in [2.05, 4.69) is 29.6 Å². The van der Waals surface area contributed by atoms with Crippen LogP contribution in [0.1, 0.15) is 38.2 Å². The van der Waals surface area contributed by atoms with Crippen molar-refractivity contribution in [3.05, 3.63) is 35.9 Å². The zero-order chi connectivity index (χ0) is 15.1. The predicted molar refractivity (Wildman–Crippen MR) is 91.3 cm³/mol. The molecule has 3 N–H and O–H groups in total. The van der Waals surface area contributed by atoms with Crippen molar-refractivity contribution in [2.45, 2.75) is 44.1 Å². The van der Waals surface area contributed by atoms with Gasteiger partial charge in [-0.2, -0.15) is 0 Å². The lowest BCUT2D eigenvalue weighted by Gasteiger charge is -2.38. The van der Waals surface area contributed by atoms with Crippen LogP contribution in [0.5, 0.6) is 0 Å². The van der Waals surface area contributed by atoms with E-state index in [0.29, 0.717) is 13.0 Å². The molecule has 4 nitrogen and oxygen atoms in total. The van der Waals surface area contributed by atoms with Crippen LogP contribution in [0.2, 0.25) is 0 Å². The fourth-order valence-electron chi connectivity index (χ4n) is 2.84. The van der Waals surface area contributed by atoms with Gasteiger partial charge in [0.2, 0.25) is 5.91 Å². The van der Waals surface area contributed by atoms with Crippen LogP contribution in [-0.4, -0.2) is 31.7 Å². The second-order valence-electron chi connectivity index (χ2n) is 6.05. The maximum absolute atomic E-state index is 12.0. The van der Waals surface area contributed by atoms with Crippen molar-refractivity contribution in [2.75, 3.05) is 19.8 Å². The lowest BCUT2D eigenvalue weighted by atomic mass is 9.74. The van der Waals surface area contributed by atoms with Gasteiger partial charge in [-0.1, -0.05) is 30.3 Å². The molecule has 2 rings (SSSR count). The molecule has 1 aliphatic heterocycles. The minimum absolute atomic E-state index is 0. The average molecular weight is 327 g/mol. The molecule has 0 aromatic heterocycles. The van der Waals surface area contributed by atoms with Gasteiger partial charge in [0.25, 0.3) is 0 Å². The average Bonchev–Trinajstić information content (AvgIpc) is 2.52. The Balaban J connectivity index is 0.00000242. The summed E-state index contributed by atoms with van der Waals surface area (Å²) in [6.45, 7) is 4.12. The third kappa shape index (κ3) is 5.27. The number of nitrogens with one attached hydrogen (secondary N) is 1. The Morgan fingerprint density at radius 1 is 1.32 bits per heavy atom. The molecular weight excluding hydrogens is 300 g/mol. The van der Waals surface area contributed by atoms with Gasteiger partial charge in [-0.15, -0.1) is 12.4 Å². The molecule has 1 aromatic carbocycles. The van der Waals surface area contributed by atoms with Crippen molar-refractivity contribution in [3.8, 4) is 0 Å². The number of halogens is 1. The number of carbonyl (C=O) groups excluding carboxylic acids is 1. The Labute approximate surface area is 139 Å². The summed E-state index contributed by atoms with van der Waals surface area (Å²) in [7, 11) is 0. The first-order chi connectivity index (χ1) is 10.1. The molecule has 0 radical (unpaired) electrons. The number of rotatable bonds is 6. The van der Waals surface area contributed by atoms with E-state index in [1.165, 1.54) is 5.56 Å². The van der Waals surface area contributed by atoms with Crippen molar-refractivity contribution in [1.29, 1.82) is 0 Å². The smallest absolute Gasteiger partial charge is 0.220 e. The second kappa shape index (κ2) is 9.13. The summed E-state index contributed by atoms with van der Waals surface area (Å²) in [4.78, 5) is 12.0. The van der Waals surface area contributed by atoms with E-state index in [1.54, 1.807) is 0 Å². The molecule has 0 saturated carbocycles. The molecular formula is C17H27ClN2O2. The molecule has 1 unspecified atom stereocenters. The second-order valence-corrected chi connectivity index (χ2v) is 6.05. The Morgan fingerprint density at radius 2 is 1.95 bits per heavy atom. The zero-order valence-electron chi connectivity index (χ0n) is 13.2. The van der Waals surface area contributed by atoms with Gasteiger partial charge in [-0.05, 0) is 31.7 Å². The summed E-state index contributed by atoms with van der Waals surface area (Å²) in [5.74, 6) is 0.0918. The van der Waals surface area contributed by atoms with E-state index in [-0.39, 0.29) is 29.8 Å². The van der Waals surface area contributed by atoms with Gasteiger partial charge < -0.3 is 15.8 Å². The first-order valence-electron chi connectivity index (χ1n) is 7.78. The molecule has 1 aromatic rings. The van der Waals surface area contributed by atoms with Gasteiger partial charge in [0.1, 0.15) is 0 Å². The van der Waals surface area contributed by atoms with Crippen molar-refractivity contribution in [2.24, 2.45) is 5.73 Å². The fraction of sp³-hybridized carbons (Fsp3) is 0.588. The van der Waals surface area contributed by atoms with E-state index < -0.39 is 0 Å². The Morgan fingerprint density at radius 3 is 2.55 bits per heavy atom. The van der Waals surface area contributed by atoms with Gasteiger partial charge >= 0.3 is 0 Å². The summed E-state index contributed by atoms with van der Waals surface area (Å²) < 4.78 is 5.50. The normalized spacial score (nSPS) is 18.1. The molecule has 0 spiro atoms. The van der Waals surface area contributed by atoms with Gasteiger partial charge in [-0.3, -0.25) is 4.79 Å². The number of ether oxygens (including phenoxy) is 1. The van der Waals surface area contributed by atoms with Crippen LogP contribution in [0.4, 0.5) is 0 Å². The van der Waals surface area contributed by atoms with Crippen LogP contribution in [-0.2, 0) is 14.9 Å². The van der Waals surface area contributed by atoms with E-state index in [1.807, 2.05) is 13.0 Å². The first-order valence-corrected chi connectivity index (χ1v) is 7.78. The minimum Gasteiger partial charge on any atom is -0.381 e. The van der Waals surface area contributed by atoms with Crippen LogP contribution in [0, 0.1) is 0 Å². The number of benzene rings is 1. The maximum Gasteiger partial charge on any atom is 0.220 e. The van der Waals surface area contributed by atoms with E-state index in [4.69, 9.17) is 10.5 Å². The third-order valence-electron chi connectivity index (χ3n) is 4.29. The molecule has 22 heavy (non-hydrogen) atoms. The number of nitrogens with two attached hydrogens (primary N) is 1. The molecule has 124 valence electrons. The predicted octanol–water partition coefficient (Wildman–Crippen LogP) is 2.40. The molecule has 1 heterocycles. The topological polar surface area (TPSA) is 64.4 Å². The third-order valence-corrected chi connectivity index (χ3v) is 4.29. The number of hydrogen-bond acceptors (Lipinski definition) is 3.